The molecular weight excluding hydrogens is 256 g/mol. The maximum Gasteiger partial charge on any atom is 0.194 e. The maximum atomic E-state index is 12.4. The second-order valence-electron chi connectivity index (χ2n) is 4.33. The van der Waals surface area contributed by atoms with Gasteiger partial charge in [-0.15, -0.1) is 11.3 Å². The summed E-state index contributed by atoms with van der Waals surface area (Å²) in [5.41, 5.74) is 1.09. The van der Waals surface area contributed by atoms with E-state index in [2.05, 4.69) is 0 Å². The molecule has 19 heavy (non-hydrogen) atoms. The molecule has 0 aliphatic rings. The van der Waals surface area contributed by atoms with Crippen molar-refractivity contribution < 1.29 is 5.11 Å². The largest absolute Gasteiger partial charge is 0.383 e. The lowest BCUT2D eigenvalue weighted by Gasteiger charge is -2.10. The minimum atomic E-state index is -0.866. The molecule has 3 heteroatoms. The third-order valence-corrected chi connectivity index (χ3v) is 4.10. The summed E-state index contributed by atoms with van der Waals surface area (Å²) in [7, 11) is 0. The summed E-state index contributed by atoms with van der Waals surface area (Å²) < 4.78 is 0.941. The molecule has 1 aromatic heterocycles. The van der Waals surface area contributed by atoms with Crippen molar-refractivity contribution in [3.63, 3.8) is 0 Å². The van der Waals surface area contributed by atoms with Crippen LogP contribution < -0.4 is 5.43 Å². The van der Waals surface area contributed by atoms with E-state index in [1.807, 2.05) is 48.5 Å². The second kappa shape index (κ2) is 4.96. The Hall–Kier alpha value is -1.97. The van der Waals surface area contributed by atoms with Gasteiger partial charge in [0.25, 0.3) is 0 Å². The monoisotopic (exact) mass is 268 g/mol. The minimum absolute atomic E-state index is 0.0919. The van der Waals surface area contributed by atoms with Crippen LogP contribution in [-0.4, -0.2) is 5.11 Å². The highest BCUT2D eigenvalue weighted by Crippen LogP contribution is 2.24. The molecule has 3 aromatic rings. The van der Waals surface area contributed by atoms with Crippen LogP contribution in [0.25, 0.3) is 10.1 Å². The zero-order valence-electron chi connectivity index (χ0n) is 10.1. The Bertz CT molecular complexity index is 762. The van der Waals surface area contributed by atoms with Crippen LogP contribution in [0, 0.1) is 0 Å². The summed E-state index contributed by atoms with van der Waals surface area (Å²) in [5, 5.41) is 12.8. The zero-order valence-corrected chi connectivity index (χ0v) is 10.9. The standard InChI is InChI=1S/C16H12O2S/c17-15(11-6-2-1-3-7-11)13-10-19-14-9-5-4-8-12(14)16(13)18/h1-10,15,17H. The average molecular weight is 268 g/mol. The Labute approximate surface area is 114 Å². The number of aliphatic hydroxyl groups excluding tert-OH is 1. The SMILES string of the molecule is O=c1c(C(O)c2ccccc2)csc2ccccc12. The smallest absolute Gasteiger partial charge is 0.194 e. The van der Waals surface area contributed by atoms with E-state index in [9.17, 15) is 9.90 Å². The predicted octanol–water partition coefficient (Wildman–Crippen LogP) is 3.34. The van der Waals surface area contributed by atoms with Crippen LogP contribution in [-0.2, 0) is 0 Å². The van der Waals surface area contributed by atoms with Crippen LogP contribution >= 0.6 is 11.3 Å². The third kappa shape index (κ3) is 2.18. The highest BCUT2D eigenvalue weighted by Gasteiger charge is 2.15. The van der Waals surface area contributed by atoms with Crippen molar-refractivity contribution in [2.75, 3.05) is 0 Å². The van der Waals surface area contributed by atoms with Crippen LogP contribution in [0.4, 0.5) is 0 Å². The molecule has 94 valence electrons. The van der Waals surface area contributed by atoms with Crippen molar-refractivity contribution in [1.82, 2.24) is 0 Å². The van der Waals surface area contributed by atoms with E-state index in [-0.39, 0.29) is 5.43 Å². The summed E-state index contributed by atoms with van der Waals surface area (Å²) >= 11 is 1.48. The Morgan fingerprint density at radius 2 is 1.63 bits per heavy atom. The predicted molar refractivity (Wildman–Crippen MR) is 78.6 cm³/mol. The van der Waals surface area contributed by atoms with Gasteiger partial charge in [0, 0.05) is 21.0 Å². The first-order valence-electron chi connectivity index (χ1n) is 6.01. The lowest BCUT2D eigenvalue weighted by atomic mass is 10.0. The van der Waals surface area contributed by atoms with Gasteiger partial charge in [-0.25, -0.2) is 0 Å². The first-order chi connectivity index (χ1) is 9.27. The quantitative estimate of drug-likeness (QED) is 0.774. The first-order valence-corrected chi connectivity index (χ1v) is 6.89. The molecule has 0 bridgehead atoms. The number of rotatable bonds is 2. The molecule has 0 saturated heterocycles. The van der Waals surface area contributed by atoms with Crippen LogP contribution in [0.5, 0.6) is 0 Å². The average Bonchev–Trinajstić information content (AvgIpc) is 2.48. The van der Waals surface area contributed by atoms with E-state index in [4.69, 9.17) is 0 Å². The number of fused-ring (bicyclic) bond motifs is 1. The molecule has 0 radical (unpaired) electrons. The molecule has 2 nitrogen and oxygen atoms in total. The fourth-order valence-corrected chi connectivity index (χ4v) is 3.03. The van der Waals surface area contributed by atoms with E-state index in [1.54, 1.807) is 11.4 Å². The van der Waals surface area contributed by atoms with Gasteiger partial charge >= 0.3 is 0 Å². The Balaban J connectivity index is 2.16. The molecule has 2 aromatic carbocycles. The number of benzene rings is 2. The van der Waals surface area contributed by atoms with E-state index >= 15 is 0 Å². The van der Waals surface area contributed by atoms with Gasteiger partial charge in [0.2, 0.25) is 0 Å². The van der Waals surface area contributed by atoms with Crippen molar-refractivity contribution >= 4 is 21.4 Å². The lowest BCUT2D eigenvalue weighted by molar-refractivity contribution is 0.220. The minimum Gasteiger partial charge on any atom is -0.383 e. The number of hydrogen-bond donors (Lipinski definition) is 1. The van der Waals surface area contributed by atoms with E-state index < -0.39 is 6.10 Å². The molecular formula is C16H12O2S. The highest BCUT2D eigenvalue weighted by atomic mass is 32.1. The molecule has 1 N–H and O–H groups in total. The molecule has 0 saturated carbocycles. The molecule has 1 unspecified atom stereocenters. The maximum absolute atomic E-state index is 12.4. The third-order valence-electron chi connectivity index (χ3n) is 3.12. The Kier molecular flexibility index (Phi) is 3.15. The molecule has 0 fully saturated rings. The van der Waals surface area contributed by atoms with Crippen LogP contribution in [0.15, 0.2) is 64.8 Å². The van der Waals surface area contributed by atoms with Gasteiger partial charge in [0.15, 0.2) is 5.43 Å². The molecule has 1 atom stereocenters. The van der Waals surface area contributed by atoms with Crippen molar-refractivity contribution in [3.05, 3.63) is 81.3 Å². The number of aliphatic hydroxyl groups is 1. The van der Waals surface area contributed by atoms with Crippen molar-refractivity contribution in [3.8, 4) is 0 Å². The van der Waals surface area contributed by atoms with E-state index in [0.717, 1.165) is 10.3 Å². The normalized spacial score (nSPS) is 12.5. The highest BCUT2D eigenvalue weighted by molar-refractivity contribution is 7.16. The van der Waals surface area contributed by atoms with Gasteiger partial charge < -0.3 is 5.11 Å². The fraction of sp³-hybridized carbons (Fsp3) is 0.0625. The van der Waals surface area contributed by atoms with Crippen molar-refractivity contribution in [2.45, 2.75) is 6.10 Å². The van der Waals surface area contributed by atoms with Gasteiger partial charge in [-0.3, -0.25) is 4.79 Å². The van der Waals surface area contributed by atoms with E-state index in [0.29, 0.717) is 10.9 Å². The summed E-state index contributed by atoms with van der Waals surface area (Å²) in [6.07, 6.45) is -0.866. The first kappa shape index (κ1) is 12.1. The molecule has 0 spiro atoms. The lowest BCUT2D eigenvalue weighted by Crippen LogP contribution is -2.13. The molecule has 1 heterocycles. The summed E-state index contributed by atoms with van der Waals surface area (Å²) in [6, 6.07) is 16.7. The molecule has 0 amide bonds. The van der Waals surface area contributed by atoms with Gasteiger partial charge in [-0.2, -0.15) is 0 Å². The summed E-state index contributed by atoms with van der Waals surface area (Å²) in [5.74, 6) is 0. The van der Waals surface area contributed by atoms with Gasteiger partial charge in [0.1, 0.15) is 6.10 Å². The molecule has 0 aliphatic heterocycles. The second-order valence-corrected chi connectivity index (χ2v) is 5.24. The van der Waals surface area contributed by atoms with Crippen molar-refractivity contribution in [1.29, 1.82) is 0 Å². The zero-order chi connectivity index (χ0) is 13.2. The van der Waals surface area contributed by atoms with Gasteiger partial charge in [0.05, 0.1) is 0 Å². The summed E-state index contributed by atoms with van der Waals surface area (Å²) in [4.78, 5) is 12.4. The van der Waals surface area contributed by atoms with Gasteiger partial charge in [-0.1, -0.05) is 42.5 Å². The Morgan fingerprint density at radius 3 is 2.42 bits per heavy atom. The van der Waals surface area contributed by atoms with Gasteiger partial charge in [-0.05, 0) is 17.7 Å². The van der Waals surface area contributed by atoms with Crippen LogP contribution in [0.2, 0.25) is 0 Å². The van der Waals surface area contributed by atoms with Crippen LogP contribution in [0.3, 0.4) is 0 Å². The van der Waals surface area contributed by atoms with Crippen molar-refractivity contribution in [2.24, 2.45) is 0 Å². The topological polar surface area (TPSA) is 37.3 Å². The molecule has 3 rings (SSSR count). The fourth-order valence-electron chi connectivity index (χ4n) is 2.10. The Morgan fingerprint density at radius 1 is 0.947 bits per heavy atom. The molecule has 0 aliphatic carbocycles. The summed E-state index contributed by atoms with van der Waals surface area (Å²) in [6.45, 7) is 0. The van der Waals surface area contributed by atoms with Crippen LogP contribution in [0.1, 0.15) is 17.2 Å². The van der Waals surface area contributed by atoms with E-state index in [1.165, 1.54) is 11.3 Å². The number of hydrogen-bond acceptors (Lipinski definition) is 3.